The van der Waals surface area contributed by atoms with Crippen molar-refractivity contribution in [2.24, 2.45) is 0 Å². The number of halogens is 1. The SMILES string of the molecule is O=c1ccc2cc(OCC(O)CN(CCO)Cc3ccc(F)cc3)ccc2[nH]1. The quantitative estimate of drug-likeness (QED) is 0.523. The Labute approximate surface area is 161 Å². The van der Waals surface area contributed by atoms with Gasteiger partial charge in [-0.3, -0.25) is 9.69 Å². The van der Waals surface area contributed by atoms with Gasteiger partial charge in [0.2, 0.25) is 5.56 Å². The molecule has 6 nitrogen and oxygen atoms in total. The van der Waals surface area contributed by atoms with E-state index in [9.17, 15) is 19.4 Å². The molecule has 0 aliphatic carbocycles. The minimum Gasteiger partial charge on any atom is -0.491 e. The van der Waals surface area contributed by atoms with Crippen molar-refractivity contribution < 1.29 is 19.3 Å². The van der Waals surface area contributed by atoms with Gasteiger partial charge in [0.1, 0.15) is 24.3 Å². The van der Waals surface area contributed by atoms with Crippen molar-refractivity contribution in [2.45, 2.75) is 12.6 Å². The number of pyridine rings is 1. The van der Waals surface area contributed by atoms with Gasteiger partial charge in [-0.15, -0.1) is 0 Å². The van der Waals surface area contributed by atoms with E-state index in [0.717, 1.165) is 10.9 Å². The Morgan fingerprint density at radius 1 is 1.11 bits per heavy atom. The van der Waals surface area contributed by atoms with Gasteiger partial charge < -0.3 is 19.9 Å². The van der Waals surface area contributed by atoms with Gasteiger partial charge in [0.05, 0.1) is 6.61 Å². The topological polar surface area (TPSA) is 85.8 Å². The maximum Gasteiger partial charge on any atom is 0.248 e. The van der Waals surface area contributed by atoms with Gasteiger partial charge in [0, 0.05) is 36.6 Å². The van der Waals surface area contributed by atoms with E-state index in [1.165, 1.54) is 18.2 Å². The van der Waals surface area contributed by atoms with Gasteiger partial charge in [-0.1, -0.05) is 12.1 Å². The summed E-state index contributed by atoms with van der Waals surface area (Å²) in [6, 6.07) is 14.6. The monoisotopic (exact) mass is 386 g/mol. The van der Waals surface area contributed by atoms with Crippen LogP contribution < -0.4 is 10.3 Å². The summed E-state index contributed by atoms with van der Waals surface area (Å²) in [5, 5.41) is 20.4. The van der Waals surface area contributed by atoms with Gasteiger partial charge in [-0.2, -0.15) is 0 Å². The van der Waals surface area contributed by atoms with Crippen LogP contribution in [0, 0.1) is 5.82 Å². The third-order valence-corrected chi connectivity index (χ3v) is 4.34. The Morgan fingerprint density at radius 2 is 1.89 bits per heavy atom. The maximum absolute atomic E-state index is 13.0. The highest BCUT2D eigenvalue weighted by Gasteiger charge is 2.13. The zero-order valence-electron chi connectivity index (χ0n) is 15.3. The molecule has 0 aliphatic rings. The van der Waals surface area contributed by atoms with E-state index in [1.54, 1.807) is 36.4 Å². The molecule has 1 unspecified atom stereocenters. The number of rotatable bonds is 9. The van der Waals surface area contributed by atoms with Crippen molar-refractivity contribution in [3.05, 3.63) is 76.3 Å². The Balaban J connectivity index is 1.56. The third-order valence-electron chi connectivity index (χ3n) is 4.34. The smallest absolute Gasteiger partial charge is 0.248 e. The molecule has 3 N–H and O–H groups in total. The summed E-state index contributed by atoms with van der Waals surface area (Å²) in [4.78, 5) is 15.9. The molecule has 3 rings (SSSR count). The first-order valence-corrected chi connectivity index (χ1v) is 9.05. The standard InChI is InChI=1S/C21H23FN2O4/c22-17-4-1-15(2-5-17)12-24(9-10-25)13-18(26)14-28-19-6-7-20-16(11-19)3-8-21(27)23-20/h1-8,11,18,25-26H,9-10,12-14H2,(H,23,27). The predicted octanol–water partition coefficient (Wildman–Crippen LogP) is 1.90. The number of H-pyrrole nitrogens is 1. The molecule has 0 saturated heterocycles. The average molecular weight is 386 g/mol. The largest absolute Gasteiger partial charge is 0.491 e. The van der Waals surface area contributed by atoms with E-state index < -0.39 is 6.10 Å². The minimum absolute atomic E-state index is 0.0440. The number of aliphatic hydroxyl groups is 2. The van der Waals surface area contributed by atoms with Crippen LogP contribution in [0.25, 0.3) is 10.9 Å². The van der Waals surface area contributed by atoms with Crippen LogP contribution in [-0.2, 0) is 6.54 Å². The number of hydrogen-bond acceptors (Lipinski definition) is 5. The highest BCUT2D eigenvalue weighted by Crippen LogP contribution is 2.18. The van der Waals surface area contributed by atoms with Crippen molar-refractivity contribution in [1.29, 1.82) is 0 Å². The van der Waals surface area contributed by atoms with Crippen LogP contribution in [0.3, 0.4) is 0 Å². The zero-order valence-corrected chi connectivity index (χ0v) is 15.3. The van der Waals surface area contributed by atoms with Gasteiger partial charge >= 0.3 is 0 Å². The van der Waals surface area contributed by atoms with Crippen molar-refractivity contribution in [3.63, 3.8) is 0 Å². The van der Waals surface area contributed by atoms with Crippen LogP contribution in [0.5, 0.6) is 5.75 Å². The predicted molar refractivity (Wildman–Crippen MR) is 105 cm³/mol. The molecule has 0 saturated carbocycles. The summed E-state index contributed by atoms with van der Waals surface area (Å²) in [7, 11) is 0. The molecule has 1 aromatic heterocycles. The highest BCUT2D eigenvalue weighted by atomic mass is 19.1. The van der Waals surface area contributed by atoms with Crippen LogP contribution in [0.4, 0.5) is 4.39 Å². The zero-order chi connectivity index (χ0) is 19.9. The van der Waals surface area contributed by atoms with Crippen molar-refractivity contribution in [2.75, 3.05) is 26.3 Å². The third kappa shape index (κ3) is 5.63. The lowest BCUT2D eigenvalue weighted by Gasteiger charge is -2.24. The number of aliphatic hydroxyl groups excluding tert-OH is 2. The number of aromatic amines is 1. The second-order valence-corrected chi connectivity index (χ2v) is 6.62. The minimum atomic E-state index is -0.765. The van der Waals surface area contributed by atoms with E-state index in [4.69, 9.17) is 4.74 Å². The summed E-state index contributed by atoms with van der Waals surface area (Å²) in [5.74, 6) is 0.288. The number of hydrogen-bond donors (Lipinski definition) is 3. The second-order valence-electron chi connectivity index (χ2n) is 6.62. The number of fused-ring (bicyclic) bond motifs is 1. The first-order chi connectivity index (χ1) is 13.5. The molecule has 0 bridgehead atoms. The lowest BCUT2D eigenvalue weighted by Crippen LogP contribution is -2.37. The number of nitrogens with one attached hydrogen (secondary N) is 1. The lowest BCUT2D eigenvalue weighted by molar-refractivity contribution is 0.0590. The number of ether oxygens (including phenoxy) is 1. The molecule has 0 radical (unpaired) electrons. The van der Waals surface area contributed by atoms with Crippen LogP contribution in [0.1, 0.15) is 5.56 Å². The van der Waals surface area contributed by atoms with E-state index >= 15 is 0 Å². The van der Waals surface area contributed by atoms with Gasteiger partial charge in [-0.25, -0.2) is 4.39 Å². The molecule has 1 atom stereocenters. The van der Waals surface area contributed by atoms with Gasteiger partial charge in [-0.05, 0) is 42.0 Å². The summed E-state index contributed by atoms with van der Waals surface area (Å²) in [6.07, 6.45) is -0.765. The molecule has 3 aromatic rings. The van der Waals surface area contributed by atoms with Crippen molar-refractivity contribution in [3.8, 4) is 5.75 Å². The molecule has 0 aliphatic heterocycles. The van der Waals surface area contributed by atoms with Crippen LogP contribution >= 0.6 is 0 Å². The fraction of sp³-hybridized carbons (Fsp3) is 0.286. The lowest BCUT2D eigenvalue weighted by atomic mass is 10.2. The molecule has 148 valence electrons. The van der Waals surface area contributed by atoms with Crippen molar-refractivity contribution in [1.82, 2.24) is 9.88 Å². The molecule has 7 heteroatoms. The van der Waals surface area contributed by atoms with Crippen LogP contribution in [0.2, 0.25) is 0 Å². The van der Waals surface area contributed by atoms with E-state index in [-0.39, 0.29) is 24.6 Å². The van der Waals surface area contributed by atoms with E-state index in [2.05, 4.69) is 4.98 Å². The van der Waals surface area contributed by atoms with E-state index in [1.807, 2.05) is 4.90 Å². The first-order valence-electron chi connectivity index (χ1n) is 9.05. The summed E-state index contributed by atoms with van der Waals surface area (Å²) >= 11 is 0. The van der Waals surface area contributed by atoms with Crippen LogP contribution in [-0.4, -0.2) is 52.5 Å². The van der Waals surface area contributed by atoms with Crippen molar-refractivity contribution >= 4 is 10.9 Å². The van der Waals surface area contributed by atoms with E-state index in [0.29, 0.717) is 30.9 Å². The van der Waals surface area contributed by atoms with Gasteiger partial charge in [0.25, 0.3) is 0 Å². The second kappa shape index (κ2) is 9.45. The first kappa shape index (κ1) is 20.0. The molecule has 1 heterocycles. The Hall–Kier alpha value is -2.74. The number of nitrogens with zero attached hydrogens (tertiary/aromatic N) is 1. The maximum atomic E-state index is 13.0. The summed E-state index contributed by atoms with van der Waals surface area (Å²) < 4.78 is 18.7. The molecular formula is C21H23FN2O4. The normalized spacial score (nSPS) is 12.4. The van der Waals surface area contributed by atoms with Crippen LogP contribution in [0.15, 0.2) is 59.4 Å². The Morgan fingerprint density at radius 3 is 2.64 bits per heavy atom. The van der Waals surface area contributed by atoms with Gasteiger partial charge in [0.15, 0.2) is 0 Å². The fourth-order valence-corrected chi connectivity index (χ4v) is 2.99. The Kier molecular flexibility index (Phi) is 6.76. The molecule has 0 spiro atoms. The number of aromatic nitrogens is 1. The molecular weight excluding hydrogens is 363 g/mol. The molecule has 0 fully saturated rings. The summed E-state index contributed by atoms with van der Waals surface area (Å²) in [5.41, 5.74) is 1.45. The fourth-order valence-electron chi connectivity index (χ4n) is 2.99. The molecule has 2 aromatic carbocycles. The summed E-state index contributed by atoms with van der Waals surface area (Å²) in [6.45, 7) is 1.22. The number of benzene rings is 2. The highest BCUT2D eigenvalue weighted by molar-refractivity contribution is 5.79. The molecule has 0 amide bonds. The molecule has 28 heavy (non-hydrogen) atoms. The Bertz CT molecular complexity index is 959. The average Bonchev–Trinajstić information content (AvgIpc) is 2.68.